The van der Waals surface area contributed by atoms with Gasteiger partial charge in [-0.25, -0.2) is 0 Å². The number of amides is 1. The molecular formula is C19H23NO3. The standard InChI is InChI=1S/C19H23NO3/c21-18(16-12-8-9-13(10-12)17(16)19(22)23)20-15-7-3-5-11-4-1-2-6-14(11)15/h1-2,4,6,12-13,15-17H,3,5,7-10H2,(H,20,21)(H,22,23). The third kappa shape index (κ3) is 2.44. The number of hydrogen-bond donors (Lipinski definition) is 2. The minimum Gasteiger partial charge on any atom is -0.481 e. The molecule has 2 fully saturated rings. The summed E-state index contributed by atoms with van der Waals surface area (Å²) >= 11 is 0. The molecule has 5 unspecified atom stereocenters. The lowest BCUT2D eigenvalue weighted by molar-refractivity contribution is -0.149. The molecule has 2 saturated carbocycles. The number of carbonyl (C=O) groups is 2. The minimum absolute atomic E-state index is 0.0358. The average molecular weight is 313 g/mol. The summed E-state index contributed by atoms with van der Waals surface area (Å²) < 4.78 is 0. The Morgan fingerprint density at radius 1 is 1.04 bits per heavy atom. The zero-order valence-electron chi connectivity index (χ0n) is 13.2. The Kier molecular flexibility index (Phi) is 3.63. The van der Waals surface area contributed by atoms with Crippen LogP contribution in [0.1, 0.15) is 49.3 Å². The van der Waals surface area contributed by atoms with Crippen molar-refractivity contribution >= 4 is 11.9 Å². The number of aryl methyl sites for hydroxylation is 1. The molecule has 4 nitrogen and oxygen atoms in total. The number of fused-ring (bicyclic) bond motifs is 3. The van der Waals surface area contributed by atoms with Crippen LogP contribution in [0.5, 0.6) is 0 Å². The van der Waals surface area contributed by atoms with Gasteiger partial charge in [-0.1, -0.05) is 24.3 Å². The maximum Gasteiger partial charge on any atom is 0.307 e. The maximum absolute atomic E-state index is 12.9. The summed E-state index contributed by atoms with van der Waals surface area (Å²) in [6.07, 6.45) is 5.97. The van der Waals surface area contributed by atoms with E-state index >= 15 is 0 Å². The topological polar surface area (TPSA) is 66.4 Å². The summed E-state index contributed by atoms with van der Waals surface area (Å²) in [4.78, 5) is 24.5. The number of hydrogen-bond acceptors (Lipinski definition) is 2. The van der Waals surface area contributed by atoms with Crippen LogP contribution in [0.3, 0.4) is 0 Å². The predicted octanol–water partition coefficient (Wildman–Crippen LogP) is 2.93. The van der Waals surface area contributed by atoms with Gasteiger partial charge in [-0.2, -0.15) is 0 Å². The second-order valence-electron chi connectivity index (χ2n) is 7.38. The highest BCUT2D eigenvalue weighted by Crippen LogP contribution is 2.52. The first kappa shape index (κ1) is 14.7. The first-order valence-electron chi connectivity index (χ1n) is 8.76. The molecule has 122 valence electrons. The highest BCUT2D eigenvalue weighted by molar-refractivity contribution is 5.86. The lowest BCUT2D eigenvalue weighted by atomic mass is 9.78. The van der Waals surface area contributed by atoms with Crippen LogP contribution >= 0.6 is 0 Å². The molecule has 0 aliphatic heterocycles. The molecule has 2 bridgehead atoms. The Morgan fingerprint density at radius 2 is 1.78 bits per heavy atom. The van der Waals surface area contributed by atoms with Crippen LogP contribution in [0.15, 0.2) is 24.3 Å². The Hall–Kier alpha value is -1.84. The molecule has 23 heavy (non-hydrogen) atoms. The zero-order valence-corrected chi connectivity index (χ0v) is 13.2. The van der Waals surface area contributed by atoms with Crippen LogP contribution in [0, 0.1) is 23.7 Å². The molecule has 3 aliphatic rings. The third-order valence-corrected chi connectivity index (χ3v) is 6.19. The molecule has 3 aliphatic carbocycles. The second kappa shape index (κ2) is 5.66. The van der Waals surface area contributed by atoms with Gasteiger partial charge in [0.2, 0.25) is 5.91 Å². The molecule has 1 aromatic carbocycles. The summed E-state index contributed by atoms with van der Waals surface area (Å²) in [6, 6.07) is 8.32. The lowest BCUT2D eigenvalue weighted by Gasteiger charge is -2.31. The molecule has 1 aromatic rings. The van der Waals surface area contributed by atoms with Gasteiger partial charge in [0.15, 0.2) is 0 Å². The van der Waals surface area contributed by atoms with Crippen LogP contribution in [-0.4, -0.2) is 17.0 Å². The van der Waals surface area contributed by atoms with Crippen molar-refractivity contribution in [1.82, 2.24) is 5.32 Å². The molecule has 4 rings (SSSR count). The van der Waals surface area contributed by atoms with Crippen LogP contribution < -0.4 is 5.32 Å². The molecule has 2 N–H and O–H groups in total. The highest BCUT2D eigenvalue weighted by atomic mass is 16.4. The summed E-state index contributed by atoms with van der Waals surface area (Å²) in [7, 11) is 0. The van der Waals surface area contributed by atoms with Gasteiger partial charge in [0.05, 0.1) is 17.9 Å². The van der Waals surface area contributed by atoms with Crippen LogP contribution in [0.25, 0.3) is 0 Å². The van der Waals surface area contributed by atoms with Gasteiger partial charge in [-0.15, -0.1) is 0 Å². The van der Waals surface area contributed by atoms with Gasteiger partial charge in [0.25, 0.3) is 0 Å². The number of carboxylic acids is 1. The van der Waals surface area contributed by atoms with Gasteiger partial charge in [0, 0.05) is 0 Å². The molecule has 5 atom stereocenters. The van der Waals surface area contributed by atoms with Crippen molar-refractivity contribution in [3.05, 3.63) is 35.4 Å². The van der Waals surface area contributed by atoms with Crippen molar-refractivity contribution < 1.29 is 14.7 Å². The van der Waals surface area contributed by atoms with Gasteiger partial charge >= 0.3 is 5.97 Å². The monoisotopic (exact) mass is 313 g/mol. The van der Waals surface area contributed by atoms with Gasteiger partial charge in [-0.3, -0.25) is 9.59 Å². The molecule has 0 spiro atoms. The third-order valence-electron chi connectivity index (χ3n) is 6.19. The Balaban J connectivity index is 1.54. The fourth-order valence-corrected chi connectivity index (χ4v) is 5.20. The van der Waals surface area contributed by atoms with E-state index in [-0.39, 0.29) is 29.7 Å². The lowest BCUT2D eigenvalue weighted by Crippen LogP contribution is -2.43. The van der Waals surface area contributed by atoms with E-state index in [1.807, 2.05) is 12.1 Å². The maximum atomic E-state index is 12.9. The molecule has 1 amide bonds. The molecule has 4 heteroatoms. The number of aliphatic carboxylic acids is 1. The number of rotatable bonds is 3. The Bertz CT molecular complexity index is 641. The van der Waals surface area contributed by atoms with Gasteiger partial charge in [0.1, 0.15) is 0 Å². The highest BCUT2D eigenvalue weighted by Gasteiger charge is 2.54. The van der Waals surface area contributed by atoms with Gasteiger partial charge in [-0.05, 0) is 61.5 Å². The summed E-state index contributed by atoms with van der Waals surface area (Å²) in [5.74, 6) is -1.17. The summed E-state index contributed by atoms with van der Waals surface area (Å²) in [6.45, 7) is 0. The quantitative estimate of drug-likeness (QED) is 0.901. The second-order valence-corrected chi connectivity index (χ2v) is 7.38. The van der Waals surface area contributed by atoms with E-state index in [0.29, 0.717) is 0 Å². The molecule has 0 radical (unpaired) electrons. The smallest absolute Gasteiger partial charge is 0.307 e. The number of nitrogens with one attached hydrogen (secondary N) is 1. The van der Waals surface area contributed by atoms with E-state index in [1.165, 1.54) is 11.1 Å². The van der Waals surface area contributed by atoms with Crippen molar-refractivity contribution in [2.45, 2.75) is 44.6 Å². The van der Waals surface area contributed by atoms with E-state index in [1.54, 1.807) is 0 Å². The Morgan fingerprint density at radius 3 is 2.57 bits per heavy atom. The average Bonchev–Trinajstić information content (AvgIpc) is 3.16. The number of carbonyl (C=O) groups excluding carboxylic acids is 1. The zero-order chi connectivity index (χ0) is 16.0. The number of benzene rings is 1. The van der Waals surface area contributed by atoms with Gasteiger partial charge < -0.3 is 10.4 Å². The summed E-state index contributed by atoms with van der Waals surface area (Å²) in [5, 5.41) is 12.7. The minimum atomic E-state index is -0.790. The normalized spacial score (nSPS) is 34.9. The fraction of sp³-hybridized carbons (Fsp3) is 0.579. The largest absolute Gasteiger partial charge is 0.481 e. The Labute approximate surface area is 136 Å². The molecule has 0 heterocycles. The van der Waals surface area contributed by atoms with Crippen LogP contribution in [0.4, 0.5) is 0 Å². The van der Waals surface area contributed by atoms with Crippen molar-refractivity contribution in [1.29, 1.82) is 0 Å². The van der Waals surface area contributed by atoms with E-state index in [4.69, 9.17) is 0 Å². The van der Waals surface area contributed by atoms with Crippen molar-refractivity contribution in [3.63, 3.8) is 0 Å². The van der Waals surface area contributed by atoms with E-state index in [9.17, 15) is 14.7 Å². The predicted molar refractivity (Wildman–Crippen MR) is 85.7 cm³/mol. The number of carboxylic acid groups (broad SMARTS) is 1. The summed E-state index contributed by atoms with van der Waals surface area (Å²) in [5.41, 5.74) is 2.52. The first-order chi connectivity index (χ1) is 11.1. The fourth-order valence-electron chi connectivity index (χ4n) is 5.20. The van der Waals surface area contributed by atoms with E-state index in [2.05, 4.69) is 17.4 Å². The van der Waals surface area contributed by atoms with E-state index < -0.39 is 11.9 Å². The van der Waals surface area contributed by atoms with Crippen LogP contribution in [-0.2, 0) is 16.0 Å². The SMILES string of the molecule is O=C(O)C1C2CCC(C2)C1C(=O)NC1CCCc2ccccc21. The van der Waals surface area contributed by atoms with Crippen molar-refractivity contribution in [2.24, 2.45) is 23.7 Å². The molecular weight excluding hydrogens is 290 g/mol. The van der Waals surface area contributed by atoms with Crippen molar-refractivity contribution in [3.8, 4) is 0 Å². The first-order valence-corrected chi connectivity index (χ1v) is 8.76. The molecule has 0 saturated heterocycles. The van der Waals surface area contributed by atoms with Crippen LogP contribution in [0.2, 0.25) is 0 Å². The van der Waals surface area contributed by atoms with E-state index in [0.717, 1.165) is 38.5 Å². The molecule has 0 aromatic heterocycles. The van der Waals surface area contributed by atoms with Crippen molar-refractivity contribution in [2.75, 3.05) is 0 Å².